The van der Waals surface area contributed by atoms with Gasteiger partial charge in [-0.1, -0.05) is 47.7 Å². The molecule has 0 atom stereocenters. The lowest BCUT2D eigenvalue weighted by Crippen LogP contribution is -2.30. The Morgan fingerprint density at radius 2 is 1.79 bits per heavy atom. The number of fused-ring (bicyclic) bond motifs is 1. The second-order valence-electron chi connectivity index (χ2n) is 6.42. The highest BCUT2D eigenvalue weighted by atomic mass is 32.1. The highest BCUT2D eigenvalue weighted by Crippen LogP contribution is 2.35. The molecule has 0 aliphatic heterocycles. The smallest absolute Gasteiger partial charge is 0.260 e. The lowest BCUT2D eigenvalue weighted by atomic mass is 10.1. The van der Waals surface area contributed by atoms with Gasteiger partial charge in [-0.2, -0.15) is 0 Å². The van der Waals surface area contributed by atoms with E-state index in [2.05, 4.69) is 0 Å². The molecule has 0 N–H and O–H groups in total. The van der Waals surface area contributed by atoms with Crippen LogP contribution in [0.25, 0.3) is 10.2 Å². The van der Waals surface area contributed by atoms with Gasteiger partial charge >= 0.3 is 0 Å². The molecule has 1 aromatic heterocycles. The molecule has 0 aliphatic rings. The molecule has 6 heteroatoms. The normalized spacial score (nSPS) is 10.8. The van der Waals surface area contributed by atoms with Crippen molar-refractivity contribution >= 4 is 32.6 Å². The summed E-state index contributed by atoms with van der Waals surface area (Å²) in [6.07, 6.45) is 0. The third-order valence-electron chi connectivity index (χ3n) is 4.42. The fourth-order valence-corrected chi connectivity index (χ4v) is 4.02. The average Bonchev–Trinajstić information content (AvgIpc) is 3.18. The number of thiazole rings is 1. The second-order valence-corrected chi connectivity index (χ2v) is 7.43. The van der Waals surface area contributed by atoms with Crippen molar-refractivity contribution in [2.45, 2.75) is 13.5 Å². The number of carbonyl (C=O) groups is 1. The molecular formula is C23H19FN2O2S. The van der Waals surface area contributed by atoms with E-state index in [1.165, 1.54) is 35.6 Å². The van der Waals surface area contributed by atoms with Crippen molar-refractivity contribution in [3.63, 3.8) is 0 Å². The molecule has 0 unspecified atom stereocenters. The summed E-state index contributed by atoms with van der Waals surface area (Å²) in [6.45, 7) is 2.82. The molecule has 0 spiro atoms. The molecule has 0 radical (unpaired) electrons. The molecule has 146 valence electrons. The van der Waals surface area contributed by atoms with E-state index in [1.807, 2.05) is 55.5 Å². The Balaban J connectivity index is 1.77. The molecule has 0 bridgehead atoms. The Labute approximate surface area is 172 Å². The van der Waals surface area contributed by atoms with E-state index < -0.39 is 0 Å². The zero-order valence-electron chi connectivity index (χ0n) is 15.8. The van der Waals surface area contributed by atoms with E-state index in [-0.39, 0.29) is 11.7 Å². The number of halogens is 1. The number of hydrogen-bond donors (Lipinski definition) is 0. The lowest BCUT2D eigenvalue weighted by Gasteiger charge is -2.20. The summed E-state index contributed by atoms with van der Waals surface area (Å²) in [5, 5.41) is 0.574. The van der Waals surface area contributed by atoms with Crippen molar-refractivity contribution in [3.8, 4) is 5.75 Å². The fraction of sp³-hybridized carbons (Fsp3) is 0.130. The predicted molar refractivity (Wildman–Crippen MR) is 114 cm³/mol. The van der Waals surface area contributed by atoms with Crippen molar-refractivity contribution in [1.82, 2.24) is 4.98 Å². The van der Waals surface area contributed by atoms with Crippen LogP contribution in [0.4, 0.5) is 9.52 Å². The van der Waals surface area contributed by atoms with Crippen LogP contribution in [0.1, 0.15) is 22.8 Å². The van der Waals surface area contributed by atoms with Gasteiger partial charge in [-0.3, -0.25) is 9.69 Å². The molecule has 4 rings (SSSR count). The number of para-hydroxylation sites is 1. The Morgan fingerprint density at radius 1 is 1.03 bits per heavy atom. The number of hydrogen-bond acceptors (Lipinski definition) is 4. The van der Waals surface area contributed by atoms with E-state index in [0.717, 1.165) is 15.8 Å². The van der Waals surface area contributed by atoms with Gasteiger partial charge in [0, 0.05) is 5.56 Å². The maximum absolute atomic E-state index is 13.3. The van der Waals surface area contributed by atoms with Crippen LogP contribution >= 0.6 is 11.3 Å². The molecule has 29 heavy (non-hydrogen) atoms. The van der Waals surface area contributed by atoms with Crippen LogP contribution in [0.2, 0.25) is 0 Å². The molecule has 0 saturated carbocycles. The summed E-state index contributed by atoms with van der Waals surface area (Å²) >= 11 is 1.43. The molecule has 4 nitrogen and oxygen atoms in total. The maximum atomic E-state index is 13.3. The molecule has 0 fully saturated rings. The fourth-order valence-electron chi connectivity index (χ4n) is 3.04. The van der Waals surface area contributed by atoms with Gasteiger partial charge in [0.1, 0.15) is 17.1 Å². The van der Waals surface area contributed by atoms with Gasteiger partial charge in [0.2, 0.25) is 0 Å². The lowest BCUT2D eigenvalue weighted by molar-refractivity contribution is 0.0985. The summed E-state index contributed by atoms with van der Waals surface area (Å²) in [5.41, 5.74) is 2.12. The van der Waals surface area contributed by atoms with Crippen LogP contribution in [0.5, 0.6) is 5.75 Å². The van der Waals surface area contributed by atoms with Crippen molar-refractivity contribution < 1.29 is 13.9 Å². The standard InChI is InChI=1S/C23H19FN2O2S/c1-2-28-19-9-6-10-20-21(19)25-23(29-20)26(15-16-7-4-3-5-8-16)22(27)17-11-13-18(24)14-12-17/h3-14H,2,15H2,1H3. The van der Waals surface area contributed by atoms with E-state index in [4.69, 9.17) is 9.72 Å². The number of benzene rings is 3. The second kappa shape index (κ2) is 8.41. The highest BCUT2D eigenvalue weighted by Gasteiger charge is 2.22. The van der Waals surface area contributed by atoms with E-state index >= 15 is 0 Å². The number of aromatic nitrogens is 1. The Morgan fingerprint density at radius 3 is 2.52 bits per heavy atom. The largest absolute Gasteiger partial charge is 0.492 e. The van der Waals surface area contributed by atoms with Gasteiger partial charge in [0.15, 0.2) is 5.13 Å². The molecule has 1 amide bonds. The number of ether oxygens (including phenoxy) is 1. The monoisotopic (exact) mass is 406 g/mol. The zero-order chi connectivity index (χ0) is 20.2. The molecule has 0 saturated heterocycles. The summed E-state index contributed by atoms with van der Waals surface area (Å²) in [4.78, 5) is 19.6. The Bertz CT molecular complexity index is 1130. The Hall–Kier alpha value is -3.25. The minimum Gasteiger partial charge on any atom is -0.492 e. The van der Waals surface area contributed by atoms with Gasteiger partial charge in [-0.25, -0.2) is 9.37 Å². The van der Waals surface area contributed by atoms with Crippen molar-refractivity contribution in [3.05, 3.63) is 89.7 Å². The van der Waals surface area contributed by atoms with Crippen LogP contribution in [-0.2, 0) is 6.54 Å². The predicted octanol–water partition coefficient (Wildman–Crippen LogP) is 5.68. The highest BCUT2D eigenvalue weighted by molar-refractivity contribution is 7.22. The van der Waals surface area contributed by atoms with Crippen LogP contribution in [0, 0.1) is 5.82 Å². The number of rotatable bonds is 6. The quantitative estimate of drug-likeness (QED) is 0.414. The van der Waals surface area contributed by atoms with E-state index in [1.54, 1.807) is 4.90 Å². The summed E-state index contributed by atoms with van der Waals surface area (Å²) < 4.78 is 20.0. The topological polar surface area (TPSA) is 42.4 Å². The van der Waals surface area contributed by atoms with Crippen LogP contribution in [-0.4, -0.2) is 17.5 Å². The summed E-state index contributed by atoms with van der Waals surface area (Å²) in [7, 11) is 0. The molecule has 1 heterocycles. The molecule has 0 aliphatic carbocycles. The van der Waals surface area contributed by atoms with Gasteiger partial charge in [0.05, 0.1) is 17.9 Å². The molecule has 3 aromatic carbocycles. The Kier molecular flexibility index (Phi) is 5.53. The first kappa shape index (κ1) is 19.1. The van der Waals surface area contributed by atoms with E-state index in [0.29, 0.717) is 29.6 Å². The number of amides is 1. The number of anilines is 1. The zero-order valence-corrected chi connectivity index (χ0v) is 16.7. The van der Waals surface area contributed by atoms with Crippen molar-refractivity contribution in [2.24, 2.45) is 0 Å². The summed E-state index contributed by atoms with van der Waals surface area (Å²) in [5.74, 6) is 0.0877. The first-order valence-corrected chi connectivity index (χ1v) is 10.1. The third kappa shape index (κ3) is 4.12. The van der Waals surface area contributed by atoms with Crippen LogP contribution in [0.3, 0.4) is 0 Å². The van der Waals surface area contributed by atoms with Gasteiger partial charge in [-0.15, -0.1) is 0 Å². The van der Waals surface area contributed by atoms with Gasteiger partial charge in [-0.05, 0) is 48.9 Å². The van der Waals surface area contributed by atoms with Gasteiger partial charge < -0.3 is 4.74 Å². The SMILES string of the molecule is CCOc1cccc2sc(N(Cc3ccccc3)C(=O)c3ccc(F)cc3)nc12. The molecule has 4 aromatic rings. The number of nitrogens with zero attached hydrogens (tertiary/aromatic N) is 2. The van der Waals surface area contributed by atoms with Gasteiger partial charge in [0.25, 0.3) is 5.91 Å². The minimum absolute atomic E-state index is 0.231. The number of carbonyl (C=O) groups excluding carboxylic acids is 1. The first-order valence-electron chi connectivity index (χ1n) is 9.29. The van der Waals surface area contributed by atoms with Crippen molar-refractivity contribution in [1.29, 1.82) is 0 Å². The average molecular weight is 406 g/mol. The first-order chi connectivity index (χ1) is 14.2. The maximum Gasteiger partial charge on any atom is 0.260 e. The van der Waals surface area contributed by atoms with Crippen LogP contribution in [0.15, 0.2) is 72.8 Å². The third-order valence-corrected chi connectivity index (χ3v) is 5.46. The van der Waals surface area contributed by atoms with Crippen LogP contribution < -0.4 is 9.64 Å². The summed E-state index contributed by atoms with van der Waals surface area (Å²) in [6, 6.07) is 21.0. The van der Waals surface area contributed by atoms with Crippen molar-refractivity contribution in [2.75, 3.05) is 11.5 Å². The van der Waals surface area contributed by atoms with E-state index in [9.17, 15) is 9.18 Å². The minimum atomic E-state index is -0.377. The molecular weight excluding hydrogens is 387 g/mol.